The number of carbonyl (C=O) groups excluding carboxylic acids is 1. The maximum absolute atomic E-state index is 14.0. The first-order valence-electron chi connectivity index (χ1n) is 9.58. The fraction of sp³-hybridized carbons (Fsp3) is 0.130. The first-order chi connectivity index (χ1) is 14.9. The summed E-state index contributed by atoms with van der Waals surface area (Å²) in [5.41, 5.74) is 2.70. The third-order valence-corrected chi connectivity index (χ3v) is 4.77. The minimum atomic E-state index is -0.492. The Labute approximate surface area is 177 Å². The van der Waals surface area contributed by atoms with Crippen LogP contribution >= 0.6 is 0 Å². The van der Waals surface area contributed by atoms with E-state index in [1.54, 1.807) is 18.2 Å². The van der Waals surface area contributed by atoms with Crippen molar-refractivity contribution in [1.29, 1.82) is 0 Å². The maximum Gasteiger partial charge on any atom is 0.274 e. The van der Waals surface area contributed by atoms with Gasteiger partial charge < -0.3 is 9.84 Å². The minimum Gasteiger partial charge on any atom is -0.332 e. The zero-order valence-electron chi connectivity index (χ0n) is 16.9. The molecule has 0 atom stereocenters. The predicted molar refractivity (Wildman–Crippen MR) is 114 cm³/mol. The number of amides is 1. The van der Waals surface area contributed by atoms with Crippen LogP contribution in [0.4, 0.5) is 10.1 Å². The molecule has 4 aromatic rings. The number of hydrogen-bond donors (Lipinski definition) is 1. The Kier molecular flexibility index (Phi) is 5.44. The van der Waals surface area contributed by atoms with Crippen molar-refractivity contribution in [3.05, 3.63) is 88.0 Å². The van der Waals surface area contributed by atoms with Crippen LogP contribution < -0.4 is 10.9 Å². The van der Waals surface area contributed by atoms with Gasteiger partial charge in [-0.1, -0.05) is 41.1 Å². The molecule has 0 fully saturated rings. The normalized spacial score (nSPS) is 10.8. The summed E-state index contributed by atoms with van der Waals surface area (Å²) in [5, 5.41) is 6.63. The van der Waals surface area contributed by atoms with Crippen molar-refractivity contribution in [3.8, 4) is 23.0 Å². The molecule has 0 saturated carbocycles. The van der Waals surface area contributed by atoms with Crippen molar-refractivity contribution in [2.24, 2.45) is 0 Å². The van der Waals surface area contributed by atoms with Crippen molar-refractivity contribution in [1.82, 2.24) is 14.7 Å². The van der Waals surface area contributed by atoms with E-state index in [-0.39, 0.29) is 35.4 Å². The lowest BCUT2D eigenvalue weighted by atomic mass is 10.1. The molecular formula is C23H19FN4O3. The number of nitrogens with zero attached hydrogens (tertiary/aromatic N) is 3. The number of benzene rings is 2. The summed E-state index contributed by atoms with van der Waals surface area (Å²) in [6.45, 7) is 3.61. The van der Waals surface area contributed by atoms with Gasteiger partial charge in [-0.3, -0.25) is 14.2 Å². The van der Waals surface area contributed by atoms with Crippen LogP contribution in [-0.4, -0.2) is 20.6 Å². The predicted octanol–water partition coefficient (Wildman–Crippen LogP) is 3.96. The summed E-state index contributed by atoms with van der Waals surface area (Å²) < 4.78 is 20.5. The van der Waals surface area contributed by atoms with Gasteiger partial charge in [0.05, 0.1) is 5.56 Å². The smallest absolute Gasteiger partial charge is 0.274 e. The largest absolute Gasteiger partial charge is 0.332 e. The molecule has 8 heteroatoms. The number of hydrogen-bond acceptors (Lipinski definition) is 5. The third kappa shape index (κ3) is 4.28. The first kappa shape index (κ1) is 20.2. The van der Waals surface area contributed by atoms with Crippen molar-refractivity contribution in [3.63, 3.8) is 0 Å². The minimum absolute atomic E-state index is 0.00951. The van der Waals surface area contributed by atoms with Gasteiger partial charge in [0.25, 0.3) is 11.4 Å². The SMILES string of the molecule is Cc1ccc(NC(=O)Cn2c(-c3nc(-c4ccccc4F)no3)cccc2=O)c(C)c1. The highest BCUT2D eigenvalue weighted by molar-refractivity contribution is 5.91. The fourth-order valence-electron chi connectivity index (χ4n) is 3.24. The fourth-order valence-corrected chi connectivity index (χ4v) is 3.24. The summed E-state index contributed by atoms with van der Waals surface area (Å²) in [4.78, 5) is 29.3. The molecule has 7 nitrogen and oxygen atoms in total. The van der Waals surface area contributed by atoms with E-state index in [4.69, 9.17) is 4.52 Å². The molecule has 0 radical (unpaired) electrons. The molecule has 0 aliphatic carbocycles. The quantitative estimate of drug-likeness (QED) is 0.530. The number of nitrogens with one attached hydrogen (secondary N) is 1. The lowest BCUT2D eigenvalue weighted by molar-refractivity contribution is -0.116. The number of halogens is 1. The van der Waals surface area contributed by atoms with Crippen LogP contribution in [0, 0.1) is 19.7 Å². The van der Waals surface area contributed by atoms with Gasteiger partial charge in [-0.25, -0.2) is 4.39 Å². The molecule has 2 aromatic carbocycles. The standard InChI is InChI=1S/C23H19FN4O3/c1-14-10-11-18(15(2)12-14)25-20(29)13-28-19(8-5-9-21(28)30)23-26-22(27-31-23)16-6-3-4-7-17(16)24/h3-12H,13H2,1-2H3,(H,25,29). The highest BCUT2D eigenvalue weighted by Gasteiger charge is 2.18. The number of aromatic nitrogens is 3. The summed E-state index contributed by atoms with van der Waals surface area (Å²) in [6.07, 6.45) is 0. The molecule has 156 valence electrons. The molecule has 0 aliphatic rings. The molecule has 31 heavy (non-hydrogen) atoms. The average Bonchev–Trinajstić information content (AvgIpc) is 3.22. The van der Waals surface area contributed by atoms with E-state index in [0.717, 1.165) is 11.1 Å². The second-order valence-corrected chi connectivity index (χ2v) is 7.10. The van der Waals surface area contributed by atoms with Gasteiger partial charge in [0, 0.05) is 11.8 Å². The second-order valence-electron chi connectivity index (χ2n) is 7.10. The zero-order valence-corrected chi connectivity index (χ0v) is 16.9. The van der Waals surface area contributed by atoms with Gasteiger partial charge in [-0.15, -0.1) is 0 Å². The lowest BCUT2D eigenvalue weighted by Crippen LogP contribution is -2.28. The maximum atomic E-state index is 14.0. The number of carbonyl (C=O) groups is 1. The first-order valence-corrected chi connectivity index (χ1v) is 9.58. The molecule has 0 unspecified atom stereocenters. The van der Waals surface area contributed by atoms with E-state index in [0.29, 0.717) is 5.69 Å². The summed E-state index contributed by atoms with van der Waals surface area (Å²) in [6, 6.07) is 16.2. The van der Waals surface area contributed by atoms with E-state index in [1.807, 2.05) is 32.0 Å². The molecule has 2 aromatic heterocycles. The van der Waals surface area contributed by atoms with E-state index >= 15 is 0 Å². The van der Waals surface area contributed by atoms with Crippen molar-refractivity contribution >= 4 is 11.6 Å². The molecule has 1 amide bonds. The summed E-state index contributed by atoms with van der Waals surface area (Å²) in [5.74, 6) is -0.811. The summed E-state index contributed by atoms with van der Waals surface area (Å²) >= 11 is 0. The Hall–Kier alpha value is -4.07. The van der Waals surface area contributed by atoms with E-state index < -0.39 is 11.4 Å². The van der Waals surface area contributed by atoms with Crippen LogP contribution in [0.5, 0.6) is 0 Å². The second kappa shape index (κ2) is 8.35. The Bertz CT molecular complexity index is 1330. The Morgan fingerprint density at radius 3 is 2.68 bits per heavy atom. The molecule has 0 bridgehead atoms. The average molecular weight is 418 g/mol. The molecule has 2 heterocycles. The van der Waals surface area contributed by atoms with Crippen LogP contribution in [-0.2, 0) is 11.3 Å². The molecule has 0 spiro atoms. The number of rotatable bonds is 5. The molecule has 1 N–H and O–H groups in total. The van der Waals surface area contributed by atoms with Gasteiger partial charge in [0.1, 0.15) is 18.1 Å². The molecule has 0 saturated heterocycles. The van der Waals surface area contributed by atoms with E-state index in [2.05, 4.69) is 15.5 Å². The Morgan fingerprint density at radius 2 is 1.90 bits per heavy atom. The van der Waals surface area contributed by atoms with Crippen LogP contribution in [0.3, 0.4) is 0 Å². The Morgan fingerprint density at radius 1 is 1.10 bits per heavy atom. The Balaban J connectivity index is 1.63. The highest BCUT2D eigenvalue weighted by atomic mass is 19.1. The van der Waals surface area contributed by atoms with Crippen LogP contribution in [0.1, 0.15) is 11.1 Å². The van der Waals surface area contributed by atoms with Gasteiger partial charge in [0.15, 0.2) is 0 Å². The van der Waals surface area contributed by atoms with Crippen LogP contribution in [0.15, 0.2) is 70.0 Å². The number of pyridine rings is 1. The molecular weight excluding hydrogens is 399 g/mol. The van der Waals surface area contributed by atoms with E-state index in [9.17, 15) is 14.0 Å². The topological polar surface area (TPSA) is 90.0 Å². The van der Waals surface area contributed by atoms with Gasteiger partial charge >= 0.3 is 0 Å². The molecule has 0 aliphatic heterocycles. The van der Waals surface area contributed by atoms with Crippen molar-refractivity contribution < 1.29 is 13.7 Å². The van der Waals surface area contributed by atoms with Gasteiger partial charge in [-0.2, -0.15) is 4.98 Å². The number of aryl methyl sites for hydroxylation is 2. The van der Waals surface area contributed by atoms with E-state index in [1.165, 1.54) is 28.8 Å². The van der Waals surface area contributed by atoms with Crippen molar-refractivity contribution in [2.75, 3.05) is 5.32 Å². The van der Waals surface area contributed by atoms with Gasteiger partial charge in [-0.05, 0) is 43.7 Å². The molecule has 4 rings (SSSR count). The number of anilines is 1. The monoisotopic (exact) mass is 418 g/mol. The van der Waals surface area contributed by atoms with Crippen LogP contribution in [0.25, 0.3) is 23.0 Å². The zero-order chi connectivity index (χ0) is 22.0. The lowest BCUT2D eigenvalue weighted by Gasteiger charge is -2.12. The van der Waals surface area contributed by atoms with Gasteiger partial charge in [0.2, 0.25) is 11.7 Å². The highest BCUT2D eigenvalue weighted by Crippen LogP contribution is 2.23. The van der Waals surface area contributed by atoms with Crippen molar-refractivity contribution in [2.45, 2.75) is 20.4 Å². The summed E-state index contributed by atoms with van der Waals surface area (Å²) in [7, 11) is 0. The third-order valence-electron chi connectivity index (χ3n) is 4.77. The van der Waals surface area contributed by atoms with Crippen LogP contribution in [0.2, 0.25) is 0 Å².